The normalized spacial score (nSPS) is 16.3. The van der Waals surface area contributed by atoms with Gasteiger partial charge in [-0.3, -0.25) is 0 Å². The molecule has 0 aliphatic heterocycles. The second-order valence-corrected chi connectivity index (χ2v) is 9.58. The van der Waals surface area contributed by atoms with E-state index in [9.17, 15) is 4.79 Å². The van der Waals surface area contributed by atoms with E-state index in [0.717, 1.165) is 36.4 Å². The van der Waals surface area contributed by atoms with Crippen LogP contribution in [0.1, 0.15) is 71.4 Å². The van der Waals surface area contributed by atoms with Gasteiger partial charge < -0.3 is 20.4 Å². The number of carbonyl (C=O) groups excluding carboxylic acids is 1. The van der Waals surface area contributed by atoms with Gasteiger partial charge in [0.1, 0.15) is 11.4 Å². The maximum Gasteiger partial charge on any atom is 0.408 e. The maximum absolute atomic E-state index is 12.3. The van der Waals surface area contributed by atoms with Gasteiger partial charge in [0.2, 0.25) is 0 Å². The summed E-state index contributed by atoms with van der Waals surface area (Å²) < 4.78 is 5.41. The largest absolute Gasteiger partial charge is 0.444 e. The smallest absolute Gasteiger partial charge is 0.408 e. The summed E-state index contributed by atoms with van der Waals surface area (Å²) in [6, 6.07) is -0.360. The Labute approximate surface area is 192 Å². The van der Waals surface area contributed by atoms with Crippen molar-refractivity contribution in [3.8, 4) is 0 Å². The minimum atomic E-state index is -0.572. The number of ether oxygens (including phenoxy) is 1. The first-order valence-corrected chi connectivity index (χ1v) is 11.2. The van der Waals surface area contributed by atoms with Crippen LogP contribution >= 0.6 is 0 Å². The van der Waals surface area contributed by atoms with Crippen LogP contribution in [-0.4, -0.2) is 28.2 Å². The number of imidazole rings is 1. The Morgan fingerprint density at radius 1 is 1.31 bits per heavy atom. The fourth-order valence-electron chi connectivity index (χ4n) is 3.33. The number of nitrogens with zero attached hydrogens (tertiary/aromatic N) is 1. The highest BCUT2D eigenvalue weighted by Gasteiger charge is 2.24. The number of aromatic amines is 1. The Morgan fingerprint density at radius 3 is 2.72 bits per heavy atom. The van der Waals surface area contributed by atoms with Crippen LogP contribution in [0, 0.1) is 5.41 Å². The number of rotatable bonds is 10. The van der Waals surface area contributed by atoms with Gasteiger partial charge in [0.25, 0.3) is 0 Å². The Kier molecular flexibility index (Phi) is 8.70. The summed E-state index contributed by atoms with van der Waals surface area (Å²) in [7, 11) is 0. The van der Waals surface area contributed by atoms with Crippen molar-refractivity contribution in [3.63, 3.8) is 0 Å². The third kappa shape index (κ3) is 7.91. The molecule has 0 fully saturated rings. The number of nitrogens with one attached hydrogen (secondary N) is 3. The van der Waals surface area contributed by atoms with E-state index in [4.69, 9.17) is 4.74 Å². The van der Waals surface area contributed by atoms with Crippen LogP contribution in [0.25, 0.3) is 5.57 Å². The number of hydrogen-bond donors (Lipinski definition) is 3. The maximum atomic E-state index is 12.3. The van der Waals surface area contributed by atoms with Crippen molar-refractivity contribution in [2.75, 3.05) is 6.54 Å². The van der Waals surface area contributed by atoms with Gasteiger partial charge in [-0.2, -0.15) is 0 Å². The first-order valence-electron chi connectivity index (χ1n) is 11.2. The first-order chi connectivity index (χ1) is 15.0. The lowest BCUT2D eigenvalue weighted by atomic mass is 9.90. The lowest BCUT2D eigenvalue weighted by molar-refractivity contribution is 0.0502. The van der Waals surface area contributed by atoms with Gasteiger partial charge in [-0.05, 0) is 46.1 Å². The van der Waals surface area contributed by atoms with Crippen LogP contribution in [0.2, 0.25) is 0 Å². The molecule has 1 atom stereocenters. The minimum Gasteiger partial charge on any atom is -0.444 e. The fourth-order valence-corrected chi connectivity index (χ4v) is 3.33. The minimum absolute atomic E-state index is 0.114. The van der Waals surface area contributed by atoms with E-state index >= 15 is 0 Å². The molecular weight excluding hydrogens is 400 g/mol. The number of unbranched alkanes of at least 4 members (excludes halogenated alkanes) is 1. The number of carbonyl (C=O) groups is 1. The Hall–Kier alpha value is -3.02. The predicted molar refractivity (Wildman–Crippen MR) is 132 cm³/mol. The molecule has 1 aromatic heterocycles. The summed E-state index contributed by atoms with van der Waals surface area (Å²) in [6.07, 6.45) is 16.1. The van der Waals surface area contributed by atoms with Crippen LogP contribution in [0.5, 0.6) is 0 Å². The molecule has 1 aliphatic rings. The van der Waals surface area contributed by atoms with E-state index in [1.165, 1.54) is 0 Å². The van der Waals surface area contributed by atoms with E-state index in [2.05, 4.69) is 71.9 Å². The van der Waals surface area contributed by atoms with Gasteiger partial charge in [0, 0.05) is 23.2 Å². The van der Waals surface area contributed by atoms with Crippen LogP contribution in [0.3, 0.4) is 0 Å². The zero-order valence-corrected chi connectivity index (χ0v) is 20.1. The molecule has 6 heteroatoms. The number of H-pyrrole nitrogens is 1. The Balaban J connectivity index is 2.28. The molecule has 3 N–H and O–H groups in total. The summed E-state index contributed by atoms with van der Waals surface area (Å²) >= 11 is 0. The van der Waals surface area contributed by atoms with Crippen LogP contribution < -0.4 is 10.6 Å². The predicted octanol–water partition coefficient (Wildman–Crippen LogP) is 5.97. The van der Waals surface area contributed by atoms with E-state index in [-0.39, 0.29) is 11.5 Å². The summed E-state index contributed by atoms with van der Waals surface area (Å²) in [4.78, 5) is 20.3. The highest BCUT2D eigenvalue weighted by Crippen LogP contribution is 2.32. The third-order valence-electron chi connectivity index (χ3n) is 4.80. The molecule has 1 amide bonds. The van der Waals surface area contributed by atoms with Crippen LogP contribution in [0.4, 0.5) is 4.79 Å². The number of alkyl carbamates (subject to hydrolysis) is 1. The molecule has 1 heterocycles. The molecule has 6 nitrogen and oxygen atoms in total. The molecule has 0 saturated heterocycles. The van der Waals surface area contributed by atoms with Crippen molar-refractivity contribution in [2.24, 2.45) is 5.41 Å². The van der Waals surface area contributed by atoms with Gasteiger partial charge in [-0.15, -0.1) is 13.2 Å². The number of amides is 1. The third-order valence-corrected chi connectivity index (χ3v) is 4.80. The van der Waals surface area contributed by atoms with Gasteiger partial charge in [-0.25, -0.2) is 9.78 Å². The van der Waals surface area contributed by atoms with Crippen molar-refractivity contribution < 1.29 is 9.53 Å². The molecule has 174 valence electrons. The highest BCUT2D eigenvalue weighted by atomic mass is 16.6. The molecule has 0 bridgehead atoms. The fraction of sp³-hybridized carbons (Fsp3) is 0.462. The summed E-state index contributed by atoms with van der Waals surface area (Å²) in [5.74, 6) is 0.660. The highest BCUT2D eigenvalue weighted by molar-refractivity contribution is 5.78. The van der Waals surface area contributed by atoms with Crippen molar-refractivity contribution in [3.05, 3.63) is 73.0 Å². The van der Waals surface area contributed by atoms with Crippen molar-refractivity contribution in [1.82, 2.24) is 20.6 Å². The summed E-state index contributed by atoms with van der Waals surface area (Å²) in [5.41, 5.74) is 2.28. The first kappa shape index (κ1) is 25.2. The van der Waals surface area contributed by atoms with Crippen LogP contribution in [-0.2, 0) is 4.74 Å². The topological polar surface area (TPSA) is 79.0 Å². The van der Waals surface area contributed by atoms with Gasteiger partial charge in [0.05, 0.1) is 17.9 Å². The van der Waals surface area contributed by atoms with Gasteiger partial charge >= 0.3 is 6.09 Å². The number of aromatic nitrogens is 2. The molecule has 1 unspecified atom stereocenters. The summed E-state index contributed by atoms with van der Waals surface area (Å²) in [6.45, 7) is 18.3. The molecule has 1 aliphatic carbocycles. The summed E-state index contributed by atoms with van der Waals surface area (Å²) in [5, 5.41) is 6.44. The molecule has 0 aromatic carbocycles. The van der Waals surface area contributed by atoms with Gasteiger partial charge in [-0.1, -0.05) is 44.2 Å². The monoisotopic (exact) mass is 438 g/mol. The zero-order valence-electron chi connectivity index (χ0n) is 20.1. The molecule has 0 radical (unpaired) electrons. The van der Waals surface area contributed by atoms with E-state index in [1.54, 1.807) is 6.08 Å². The average molecular weight is 439 g/mol. The van der Waals surface area contributed by atoms with Crippen molar-refractivity contribution in [2.45, 2.75) is 65.5 Å². The van der Waals surface area contributed by atoms with E-state index in [1.807, 2.05) is 33.0 Å². The lowest BCUT2D eigenvalue weighted by Crippen LogP contribution is -2.35. The van der Waals surface area contributed by atoms with Crippen molar-refractivity contribution >= 4 is 11.7 Å². The Morgan fingerprint density at radius 2 is 2.06 bits per heavy atom. The Bertz CT molecular complexity index is 897. The standard InChI is InChI=1S/C26H38N4O2/c1-8-10-11-16-27-20-14-12-15-26(6,7)17-19(20)22-18-28-23(29-22)21(13-9-2)30-24(31)32-25(3,4)5/h8-9,12,14-15,17-18,21,27H,1-2,10-11,13,16H2,3-7H3,(H,28,29)(H,30,31). The van der Waals surface area contributed by atoms with Crippen molar-refractivity contribution in [1.29, 1.82) is 0 Å². The molecule has 1 aromatic rings. The lowest BCUT2D eigenvalue weighted by Gasteiger charge is -2.22. The second-order valence-electron chi connectivity index (χ2n) is 9.58. The SMILES string of the molecule is C=CCCCNC1=CC=CC(C)(C)C=C1c1cnc(C(CC=C)NC(=O)OC(C)(C)C)[nH]1. The molecule has 0 spiro atoms. The molecule has 32 heavy (non-hydrogen) atoms. The molecule has 0 saturated carbocycles. The zero-order chi connectivity index (χ0) is 23.8. The van der Waals surface area contributed by atoms with Gasteiger partial charge in [0.15, 0.2) is 0 Å². The van der Waals surface area contributed by atoms with E-state index in [0.29, 0.717) is 12.2 Å². The number of hydrogen-bond acceptors (Lipinski definition) is 4. The quantitative estimate of drug-likeness (QED) is 0.310. The average Bonchev–Trinajstić information content (AvgIpc) is 3.10. The molecule has 2 rings (SSSR count). The number of allylic oxidation sites excluding steroid dienone is 6. The molecular formula is C26H38N4O2. The van der Waals surface area contributed by atoms with E-state index < -0.39 is 11.7 Å². The second kappa shape index (κ2) is 11.0. The van der Waals surface area contributed by atoms with Crippen LogP contribution in [0.15, 0.2) is 61.5 Å².